The second-order valence-electron chi connectivity index (χ2n) is 3.39. The molecule has 1 atom stereocenters. The molecule has 0 fully saturated rings. The predicted octanol–water partition coefficient (Wildman–Crippen LogP) is 2.00. The van der Waals surface area contributed by atoms with Gasteiger partial charge in [0.1, 0.15) is 0 Å². The summed E-state index contributed by atoms with van der Waals surface area (Å²) >= 11 is 0. The molecule has 1 N–H and O–H groups in total. The Labute approximate surface area is 84.7 Å². The Balaban J connectivity index is 2.07. The lowest BCUT2D eigenvalue weighted by Crippen LogP contribution is -2.13. The molecule has 0 aliphatic heterocycles. The van der Waals surface area contributed by atoms with Crippen LogP contribution in [0.2, 0.25) is 0 Å². The zero-order valence-corrected chi connectivity index (χ0v) is 8.61. The molecule has 80 valence electrons. The van der Waals surface area contributed by atoms with Crippen molar-refractivity contribution in [2.75, 3.05) is 13.2 Å². The van der Waals surface area contributed by atoms with Crippen LogP contribution in [0.1, 0.15) is 25.3 Å². The number of rotatable bonds is 7. The molecular weight excluding hydrogens is 180 g/mol. The molecular formula is C11H18O3. The zero-order valence-electron chi connectivity index (χ0n) is 8.61. The molecule has 1 aromatic rings. The Hall–Kier alpha value is -0.800. The van der Waals surface area contributed by atoms with Crippen molar-refractivity contribution in [1.82, 2.24) is 0 Å². The minimum absolute atomic E-state index is 0.329. The minimum Gasteiger partial charge on any atom is -0.472 e. The van der Waals surface area contributed by atoms with Crippen molar-refractivity contribution >= 4 is 0 Å². The quantitative estimate of drug-likeness (QED) is 0.681. The van der Waals surface area contributed by atoms with E-state index in [0.717, 1.165) is 18.6 Å². The first-order valence-corrected chi connectivity index (χ1v) is 5.09. The van der Waals surface area contributed by atoms with Crippen LogP contribution in [0.25, 0.3) is 0 Å². The number of hydrogen-bond acceptors (Lipinski definition) is 3. The first-order chi connectivity index (χ1) is 6.83. The highest BCUT2D eigenvalue weighted by molar-refractivity contribution is 5.06. The van der Waals surface area contributed by atoms with Crippen molar-refractivity contribution in [2.45, 2.75) is 32.3 Å². The van der Waals surface area contributed by atoms with Crippen molar-refractivity contribution in [3.8, 4) is 0 Å². The lowest BCUT2D eigenvalue weighted by molar-refractivity contribution is 0.0823. The maximum Gasteiger partial charge on any atom is 0.0935 e. The normalized spacial score (nSPS) is 13.0. The molecule has 0 saturated carbocycles. The molecule has 0 aliphatic rings. The molecule has 1 heterocycles. The van der Waals surface area contributed by atoms with Crippen LogP contribution in [0, 0.1) is 0 Å². The van der Waals surface area contributed by atoms with Gasteiger partial charge in [0.05, 0.1) is 18.6 Å². The first-order valence-electron chi connectivity index (χ1n) is 5.09. The van der Waals surface area contributed by atoms with Gasteiger partial charge < -0.3 is 14.3 Å². The standard InChI is InChI=1S/C11H18O3/c1-2-5-13-7-4-11(12)8-10-3-6-14-9-10/h3,6,9,11-12H,2,4-5,7-8H2,1H3. The smallest absolute Gasteiger partial charge is 0.0935 e. The average Bonchev–Trinajstić information content (AvgIpc) is 2.65. The van der Waals surface area contributed by atoms with Gasteiger partial charge in [-0.05, 0) is 24.5 Å². The van der Waals surface area contributed by atoms with Gasteiger partial charge in [-0.15, -0.1) is 0 Å². The van der Waals surface area contributed by atoms with Gasteiger partial charge >= 0.3 is 0 Å². The highest BCUT2D eigenvalue weighted by atomic mass is 16.5. The van der Waals surface area contributed by atoms with Crippen LogP contribution >= 0.6 is 0 Å². The fraction of sp³-hybridized carbons (Fsp3) is 0.636. The molecule has 0 saturated heterocycles. The van der Waals surface area contributed by atoms with Crippen molar-refractivity contribution in [2.24, 2.45) is 0 Å². The van der Waals surface area contributed by atoms with Crippen molar-refractivity contribution < 1.29 is 14.3 Å². The highest BCUT2D eigenvalue weighted by Crippen LogP contribution is 2.06. The molecule has 1 rings (SSSR count). The van der Waals surface area contributed by atoms with Gasteiger partial charge in [-0.3, -0.25) is 0 Å². The Morgan fingerprint density at radius 3 is 3.00 bits per heavy atom. The lowest BCUT2D eigenvalue weighted by Gasteiger charge is -2.08. The summed E-state index contributed by atoms with van der Waals surface area (Å²) in [5.41, 5.74) is 1.04. The van der Waals surface area contributed by atoms with E-state index in [2.05, 4.69) is 6.92 Å². The van der Waals surface area contributed by atoms with E-state index in [4.69, 9.17) is 9.15 Å². The summed E-state index contributed by atoms with van der Waals surface area (Å²) in [5, 5.41) is 9.60. The minimum atomic E-state index is -0.329. The summed E-state index contributed by atoms with van der Waals surface area (Å²) in [5.74, 6) is 0. The summed E-state index contributed by atoms with van der Waals surface area (Å²) in [7, 11) is 0. The molecule has 14 heavy (non-hydrogen) atoms. The van der Waals surface area contributed by atoms with Gasteiger partial charge in [0, 0.05) is 19.6 Å². The first kappa shape index (κ1) is 11.3. The fourth-order valence-electron chi connectivity index (χ4n) is 1.25. The van der Waals surface area contributed by atoms with E-state index in [-0.39, 0.29) is 6.10 Å². The Morgan fingerprint density at radius 2 is 2.36 bits per heavy atom. The molecule has 0 aliphatic carbocycles. The third kappa shape index (κ3) is 4.44. The summed E-state index contributed by atoms with van der Waals surface area (Å²) in [6.45, 7) is 3.48. The van der Waals surface area contributed by atoms with Crippen LogP contribution in [-0.4, -0.2) is 24.4 Å². The van der Waals surface area contributed by atoms with Gasteiger partial charge in [0.25, 0.3) is 0 Å². The molecule has 3 nitrogen and oxygen atoms in total. The maximum absolute atomic E-state index is 9.60. The number of aliphatic hydroxyl groups is 1. The molecule has 1 unspecified atom stereocenters. The molecule has 0 radical (unpaired) electrons. The van der Waals surface area contributed by atoms with Crippen LogP contribution in [0.15, 0.2) is 23.0 Å². The van der Waals surface area contributed by atoms with Gasteiger partial charge in [-0.25, -0.2) is 0 Å². The van der Waals surface area contributed by atoms with Gasteiger partial charge in [0.15, 0.2) is 0 Å². The van der Waals surface area contributed by atoms with Gasteiger partial charge in [-0.2, -0.15) is 0 Å². The van der Waals surface area contributed by atoms with Crippen molar-refractivity contribution in [3.05, 3.63) is 24.2 Å². The van der Waals surface area contributed by atoms with E-state index in [0.29, 0.717) is 19.4 Å². The van der Waals surface area contributed by atoms with E-state index >= 15 is 0 Å². The molecule has 1 aromatic heterocycles. The molecule has 0 aromatic carbocycles. The number of furan rings is 1. The van der Waals surface area contributed by atoms with Crippen LogP contribution in [0.5, 0.6) is 0 Å². The van der Waals surface area contributed by atoms with Crippen LogP contribution in [-0.2, 0) is 11.2 Å². The zero-order chi connectivity index (χ0) is 10.2. The van der Waals surface area contributed by atoms with Crippen LogP contribution < -0.4 is 0 Å². The third-order valence-corrected chi connectivity index (χ3v) is 2.00. The lowest BCUT2D eigenvalue weighted by atomic mass is 10.1. The summed E-state index contributed by atoms with van der Waals surface area (Å²) in [4.78, 5) is 0. The Bertz CT molecular complexity index is 218. The molecule has 3 heteroatoms. The highest BCUT2D eigenvalue weighted by Gasteiger charge is 2.05. The Kier molecular flexibility index (Phi) is 5.33. The van der Waals surface area contributed by atoms with E-state index in [1.54, 1.807) is 12.5 Å². The SMILES string of the molecule is CCCOCCC(O)Cc1ccoc1. The van der Waals surface area contributed by atoms with Crippen LogP contribution in [0.4, 0.5) is 0 Å². The van der Waals surface area contributed by atoms with Crippen molar-refractivity contribution in [1.29, 1.82) is 0 Å². The largest absolute Gasteiger partial charge is 0.472 e. The molecule has 0 amide bonds. The maximum atomic E-state index is 9.60. The Morgan fingerprint density at radius 1 is 1.50 bits per heavy atom. The topological polar surface area (TPSA) is 42.6 Å². The fourth-order valence-corrected chi connectivity index (χ4v) is 1.25. The van der Waals surface area contributed by atoms with Crippen LogP contribution in [0.3, 0.4) is 0 Å². The average molecular weight is 198 g/mol. The van der Waals surface area contributed by atoms with E-state index in [1.807, 2.05) is 6.07 Å². The monoisotopic (exact) mass is 198 g/mol. The second-order valence-corrected chi connectivity index (χ2v) is 3.39. The molecule has 0 spiro atoms. The summed E-state index contributed by atoms with van der Waals surface area (Å²) in [6, 6.07) is 1.87. The molecule has 0 bridgehead atoms. The summed E-state index contributed by atoms with van der Waals surface area (Å²) in [6.07, 6.45) is 5.31. The predicted molar refractivity (Wildman–Crippen MR) is 54.1 cm³/mol. The van der Waals surface area contributed by atoms with E-state index in [1.165, 1.54) is 0 Å². The van der Waals surface area contributed by atoms with E-state index in [9.17, 15) is 5.11 Å². The van der Waals surface area contributed by atoms with Gasteiger partial charge in [-0.1, -0.05) is 6.92 Å². The number of aliphatic hydroxyl groups excluding tert-OH is 1. The van der Waals surface area contributed by atoms with E-state index < -0.39 is 0 Å². The second kappa shape index (κ2) is 6.62. The van der Waals surface area contributed by atoms with Crippen molar-refractivity contribution in [3.63, 3.8) is 0 Å². The van der Waals surface area contributed by atoms with Gasteiger partial charge in [0.2, 0.25) is 0 Å². The summed E-state index contributed by atoms with van der Waals surface area (Å²) < 4.78 is 10.2. The third-order valence-electron chi connectivity index (χ3n) is 2.00. The number of ether oxygens (including phenoxy) is 1. The number of hydrogen-bond donors (Lipinski definition) is 1.